The summed E-state index contributed by atoms with van der Waals surface area (Å²) in [5, 5.41) is 0. The first kappa shape index (κ1) is 34.5. The highest BCUT2D eigenvalue weighted by molar-refractivity contribution is 5.78. The van der Waals surface area contributed by atoms with Crippen LogP contribution in [0.15, 0.2) is 30.3 Å². The van der Waals surface area contributed by atoms with E-state index in [0.29, 0.717) is 0 Å². The fraction of sp³-hybridized carbons (Fsp3) is 0.650. The van der Waals surface area contributed by atoms with Crippen LogP contribution < -0.4 is 0 Å². The van der Waals surface area contributed by atoms with Crippen LogP contribution in [0.4, 0.5) is 74.6 Å². The Morgan fingerprint density at radius 1 is 0.641 bits per heavy atom. The Morgan fingerprint density at radius 3 is 1.41 bits per heavy atom. The molecule has 2 nitrogen and oxygen atoms in total. The Hall–Kier alpha value is -2.50. The normalized spacial score (nSPS) is 15.7. The van der Waals surface area contributed by atoms with Gasteiger partial charge in [0.05, 0.1) is 18.9 Å². The molecule has 1 aromatic rings. The number of rotatable bonds is 12. The van der Waals surface area contributed by atoms with Gasteiger partial charge in [-0.2, -0.15) is 74.6 Å². The average Bonchev–Trinajstić information content (AvgIpc) is 2.78. The summed E-state index contributed by atoms with van der Waals surface area (Å²) in [5.41, 5.74) is 0.187. The van der Waals surface area contributed by atoms with Gasteiger partial charge in [0.15, 0.2) is 0 Å². The van der Waals surface area contributed by atoms with Crippen LogP contribution in [0, 0.1) is 0 Å². The Kier molecular flexibility index (Phi) is 9.28. The minimum Gasteiger partial charge on any atom is -0.465 e. The highest BCUT2D eigenvalue weighted by Crippen LogP contribution is 2.64. The van der Waals surface area contributed by atoms with Gasteiger partial charge in [-0.05, 0) is 12.0 Å². The van der Waals surface area contributed by atoms with Gasteiger partial charge >= 0.3 is 53.6 Å². The lowest BCUT2D eigenvalue weighted by Gasteiger charge is -2.42. The number of hydrogen-bond donors (Lipinski definition) is 0. The SMILES string of the molecule is CCC(C(=O)OCCC(F)(F)C(F)(F)C(F)(F)C(F)(F)C(F)(F)C(F)(F)C(F)(F)C(F)(F)F)c1ccccc1. The van der Waals surface area contributed by atoms with Gasteiger partial charge in [-0.25, -0.2) is 0 Å². The van der Waals surface area contributed by atoms with E-state index in [2.05, 4.69) is 4.74 Å². The molecule has 0 aliphatic heterocycles. The molecule has 1 unspecified atom stereocenters. The van der Waals surface area contributed by atoms with Crippen molar-refractivity contribution in [2.75, 3.05) is 6.61 Å². The second-order valence-corrected chi connectivity index (χ2v) is 7.94. The summed E-state index contributed by atoms with van der Waals surface area (Å²) in [6.07, 6.45) is -10.7. The summed E-state index contributed by atoms with van der Waals surface area (Å²) >= 11 is 0. The van der Waals surface area contributed by atoms with Crippen LogP contribution in [0.3, 0.4) is 0 Å². The van der Waals surface area contributed by atoms with Crippen LogP contribution in [-0.4, -0.2) is 60.2 Å². The summed E-state index contributed by atoms with van der Waals surface area (Å²) in [6, 6.07) is 6.90. The maximum Gasteiger partial charge on any atom is 0.460 e. The second-order valence-electron chi connectivity index (χ2n) is 7.94. The summed E-state index contributed by atoms with van der Waals surface area (Å²) < 4.78 is 229. The number of ether oxygens (including phenoxy) is 1. The quantitative estimate of drug-likeness (QED) is 0.177. The third-order valence-electron chi connectivity index (χ3n) is 5.34. The monoisotopic (exact) mass is 610 g/mol. The maximum atomic E-state index is 13.9. The van der Waals surface area contributed by atoms with Crippen molar-refractivity contribution in [3.8, 4) is 0 Å². The molecule has 0 saturated heterocycles. The molecule has 0 saturated carbocycles. The zero-order chi connectivity index (χ0) is 31.1. The van der Waals surface area contributed by atoms with E-state index in [4.69, 9.17) is 0 Å². The lowest BCUT2D eigenvalue weighted by molar-refractivity contribution is -0.461. The molecule has 0 bridgehead atoms. The number of carbonyl (C=O) groups is 1. The molecule has 0 heterocycles. The lowest BCUT2D eigenvalue weighted by Crippen LogP contribution is -2.74. The zero-order valence-electron chi connectivity index (χ0n) is 18.8. The first-order valence-electron chi connectivity index (χ1n) is 10.1. The van der Waals surface area contributed by atoms with Crippen LogP contribution >= 0.6 is 0 Å². The van der Waals surface area contributed by atoms with Crippen molar-refractivity contribution >= 4 is 5.97 Å². The molecule has 226 valence electrons. The Bertz CT molecular complexity index is 986. The molecule has 0 radical (unpaired) electrons. The average molecular weight is 610 g/mol. The number of esters is 1. The first-order chi connectivity index (χ1) is 17.2. The molecule has 1 rings (SSSR count). The zero-order valence-corrected chi connectivity index (χ0v) is 18.8. The van der Waals surface area contributed by atoms with E-state index in [-0.39, 0.29) is 12.0 Å². The van der Waals surface area contributed by atoms with E-state index in [1.807, 2.05) is 0 Å². The smallest absolute Gasteiger partial charge is 0.460 e. The van der Waals surface area contributed by atoms with E-state index >= 15 is 0 Å². The van der Waals surface area contributed by atoms with Crippen molar-refractivity contribution in [2.45, 2.75) is 73.3 Å². The number of benzene rings is 1. The van der Waals surface area contributed by atoms with Gasteiger partial charge in [0.25, 0.3) is 0 Å². The van der Waals surface area contributed by atoms with Crippen molar-refractivity contribution in [1.82, 2.24) is 0 Å². The molecule has 19 heteroatoms. The number of alkyl halides is 17. The van der Waals surface area contributed by atoms with Gasteiger partial charge < -0.3 is 4.74 Å². The molecule has 1 aromatic carbocycles. The predicted octanol–water partition coefficient (Wildman–Crippen LogP) is 8.12. The molecule has 1 atom stereocenters. The first-order valence-corrected chi connectivity index (χ1v) is 10.1. The number of carbonyl (C=O) groups excluding carboxylic acids is 1. The van der Waals surface area contributed by atoms with Crippen molar-refractivity contribution in [3.05, 3.63) is 35.9 Å². The fourth-order valence-corrected chi connectivity index (χ4v) is 2.96. The van der Waals surface area contributed by atoms with Crippen LogP contribution in [-0.2, 0) is 9.53 Å². The Labute approximate surface area is 207 Å². The Morgan fingerprint density at radius 2 is 1.03 bits per heavy atom. The standard InChI is InChI=1S/C20H15F17O2/c1-2-11(10-6-4-3-5-7-10)12(38)39-9-8-13(21,22)14(23,24)15(25,26)16(27,28)17(29,30)18(31,32)19(33,34)20(35,36)37/h3-7,11H,2,8-9H2,1H3. The van der Waals surface area contributed by atoms with Gasteiger partial charge in [0.1, 0.15) is 0 Å². The number of halogens is 17. The van der Waals surface area contributed by atoms with Crippen LogP contribution in [0.1, 0.15) is 31.2 Å². The minimum atomic E-state index is -8.68. The van der Waals surface area contributed by atoms with E-state index in [9.17, 15) is 79.4 Å². The summed E-state index contributed by atoms with van der Waals surface area (Å²) in [6.45, 7) is -0.617. The largest absolute Gasteiger partial charge is 0.465 e. The van der Waals surface area contributed by atoms with Gasteiger partial charge in [-0.1, -0.05) is 37.3 Å². The predicted molar refractivity (Wildman–Crippen MR) is 95.7 cm³/mol. The van der Waals surface area contributed by atoms with Crippen molar-refractivity contribution in [1.29, 1.82) is 0 Å². The number of hydrogen-bond acceptors (Lipinski definition) is 2. The third kappa shape index (κ3) is 5.45. The molecular formula is C20H15F17O2. The van der Waals surface area contributed by atoms with Crippen LogP contribution in [0.25, 0.3) is 0 Å². The summed E-state index contributed by atoms with van der Waals surface area (Å²) in [7, 11) is 0. The Balaban J connectivity index is 3.27. The van der Waals surface area contributed by atoms with E-state index in [1.54, 1.807) is 0 Å². The molecule has 0 amide bonds. The summed E-state index contributed by atoms with van der Waals surface area (Å²) in [5.74, 6) is -59.5. The highest BCUT2D eigenvalue weighted by atomic mass is 19.4. The minimum absolute atomic E-state index is 0.106. The van der Waals surface area contributed by atoms with E-state index in [0.717, 1.165) is 0 Å². The highest BCUT2D eigenvalue weighted by Gasteiger charge is 2.95. The van der Waals surface area contributed by atoms with E-state index < -0.39 is 72.5 Å². The second kappa shape index (κ2) is 10.5. The lowest BCUT2D eigenvalue weighted by atomic mass is 9.88. The van der Waals surface area contributed by atoms with E-state index in [1.165, 1.54) is 37.3 Å². The molecule has 39 heavy (non-hydrogen) atoms. The van der Waals surface area contributed by atoms with Gasteiger partial charge in [0, 0.05) is 0 Å². The molecular weight excluding hydrogens is 595 g/mol. The maximum absolute atomic E-state index is 13.9. The van der Waals surface area contributed by atoms with Crippen molar-refractivity contribution in [2.24, 2.45) is 0 Å². The van der Waals surface area contributed by atoms with Gasteiger partial charge in [0.2, 0.25) is 0 Å². The van der Waals surface area contributed by atoms with Crippen LogP contribution in [0.2, 0.25) is 0 Å². The molecule has 0 N–H and O–H groups in total. The molecule has 0 aromatic heterocycles. The van der Waals surface area contributed by atoms with Gasteiger partial charge in [-0.15, -0.1) is 0 Å². The van der Waals surface area contributed by atoms with Crippen molar-refractivity contribution < 1.29 is 84.2 Å². The molecule has 0 aliphatic carbocycles. The molecule has 0 aliphatic rings. The molecule has 0 spiro atoms. The topological polar surface area (TPSA) is 26.3 Å². The third-order valence-corrected chi connectivity index (χ3v) is 5.34. The molecule has 0 fully saturated rings. The van der Waals surface area contributed by atoms with Crippen LogP contribution in [0.5, 0.6) is 0 Å². The summed E-state index contributed by atoms with van der Waals surface area (Å²) in [4.78, 5) is 12.0. The van der Waals surface area contributed by atoms with Crippen molar-refractivity contribution in [3.63, 3.8) is 0 Å². The fourth-order valence-electron chi connectivity index (χ4n) is 2.96. The van der Waals surface area contributed by atoms with Gasteiger partial charge in [-0.3, -0.25) is 4.79 Å².